The Bertz CT molecular complexity index is 633. The highest BCUT2D eigenvalue weighted by Gasteiger charge is 2.24. The van der Waals surface area contributed by atoms with E-state index in [1.54, 1.807) is 18.2 Å². The standard InChI is InChI=1S/C14H15N3O2/c1-17-12-3-2-9(6-10(12)7-13(17)18)14-16-11(4-5-15)8-19-14/h2-3,6,8H,4-5,7,15H2,1H3. The predicted octanol–water partition coefficient (Wildman–Crippen LogP) is 1.36. The fourth-order valence-electron chi connectivity index (χ4n) is 2.31. The smallest absolute Gasteiger partial charge is 0.231 e. The maximum Gasteiger partial charge on any atom is 0.231 e. The van der Waals surface area contributed by atoms with Crippen molar-refractivity contribution >= 4 is 11.6 Å². The van der Waals surface area contributed by atoms with Crippen LogP contribution in [0.15, 0.2) is 28.9 Å². The summed E-state index contributed by atoms with van der Waals surface area (Å²) in [6.45, 7) is 0.551. The molecule has 2 aromatic rings. The van der Waals surface area contributed by atoms with Crippen LogP contribution in [-0.2, 0) is 17.6 Å². The van der Waals surface area contributed by atoms with Crippen LogP contribution >= 0.6 is 0 Å². The molecule has 0 spiro atoms. The van der Waals surface area contributed by atoms with Crippen LogP contribution in [0.3, 0.4) is 0 Å². The first-order valence-corrected chi connectivity index (χ1v) is 6.23. The van der Waals surface area contributed by atoms with E-state index in [-0.39, 0.29) is 5.91 Å². The fourth-order valence-corrected chi connectivity index (χ4v) is 2.31. The number of carbonyl (C=O) groups excluding carboxylic acids is 1. The Labute approximate surface area is 111 Å². The van der Waals surface area contributed by atoms with E-state index in [1.165, 1.54) is 0 Å². The van der Waals surface area contributed by atoms with Gasteiger partial charge in [0.05, 0.1) is 12.1 Å². The summed E-state index contributed by atoms with van der Waals surface area (Å²) in [4.78, 5) is 17.7. The van der Waals surface area contributed by atoms with E-state index in [4.69, 9.17) is 10.2 Å². The van der Waals surface area contributed by atoms with Crippen LogP contribution in [-0.4, -0.2) is 24.5 Å². The molecule has 0 aliphatic carbocycles. The van der Waals surface area contributed by atoms with Crippen LogP contribution in [0, 0.1) is 0 Å². The topological polar surface area (TPSA) is 72.4 Å². The van der Waals surface area contributed by atoms with Crippen molar-refractivity contribution in [3.05, 3.63) is 35.7 Å². The van der Waals surface area contributed by atoms with E-state index in [2.05, 4.69) is 4.98 Å². The van der Waals surface area contributed by atoms with Crippen molar-refractivity contribution in [3.63, 3.8) is 0 Å². The normalized spacial score (nSPS) is 14.0. The zero-order chi connectivity index (χ0) is 13.4. The van der Waals surface area contributed by atoms with E-state index in [1.807, 2.05) is 18.2 Å². The molecule has 0 saturated heterocycles. The molecule has 0 fully saturated rings. The minimum absolute atomic E-state index is 0.114. The Hall–Kier alpha value is -2.14. The van der Waals surface area contributed by atoms with Crippen molar-refractivity contribution in [3.8, 4) is 11.5 Å². The lowest BCUT2D eigenvalue weighted by atomic mass is 10.1. The molecular formula is C14H15N3O2. The molecule has 5 nitrogen and oxygen atoms in total. The number of hydrogen-bond donors (Lipinski definition) is 1. The second-order valence-corrected chi connectivity index (χ2v) is 4.66. The predicted molar refractivity (Wildman–Crippen MR) is 71.8 cm³/mol. The summed E-state index contributed by atoms with van der Waals surface area (Å²) in [5.74, 6) is 0.691. The van der Waals surface area contributed by atoms with Gasteiger partial charge in [-0.15, -0.1) is 0 Å². The Morgan fingerprint density at radius 2 is 2.32 bits per heavy atom. The summed E-state index contributed by atoms with van der Waals surface area (Å²) < 4.78 is 5.45. The van der Waals surface area contributed by atoms with Crippen LogP contribution < -0.4 is 10.6 Å². The molecule has 98 valence electrons. The molecule has 0 unspecified atom stereocenters. The number of amides is 1. The summed E-state index contributed by atoms with van der Waals surface area (Å²) in [5.41, 5.74) is 9.21. The maximum absolute atomic E-state index is 11.6. The highest BCUT2D eigenvalue weighted by atomic mass is 16.3. The number of hydrogen-bond acceptors (Lipinski definition) is 4. The average Bonchev–Trinajstić information content (AvgIpc) is 2.96. The molecule has 0 radical (unpaired) electrons. The van der Waals surface area contributed by atoms with Gasteiger partial charge in [0.1, 0.15) is 6.26 Å². The Morgan fingerprint density at radius 1 is 1.47 bits per heavy atom. The van der Waals surface area contributed by atoms with Crippen molar-refractivity contribution in [2.45, 2.75) is 12.8 Å². The van der Waals surface area contributed by atoms with Gasteiger partial charge in [-0.1, -0.05) is 0 Å². The van der Waals surface area contributed by atoms with Gasteiger partial charge in [-0.25, -0.2) is 4.98 Å². The molecule has 3 rings (SSSR count). The van der Waals surface area contributed by atoms with E-state index >= 15 is 0 Å². The van der Waals surface area contributed by atoms with Gasteiger partial charge in [-0.2, -0.15) is 0 Å². The monoisotopic (exact) mass is 257 g/mol. The van der Waals surface area contributed by atoms with Crippen molar-refractivity contribution in [2.75, 3.05) is 18.5 Å². The van der Waals surface area contributed by atoms with E-state index in [0.29, 0.717) is 25.3 Å². The van der Waals surface area contributed by atoms with Crippen LogP contribution in [0.4, 0.5) is 5.69 Å². The molecule has 1 amide bonds. The van der Waals surface area contributed by atoms with Crippen molar-refractivity contribution < 1.29 is 9.21 Å². The quantitative estimate of drug-likeness (QED) is 0.901. The fraction of sp³-hybridized carbons (Fsp3) is 0.286. The van der Waals surface area contributed by atoms with Crippen molar-refractivity contribution in [1.82, 2.24) is 4.98 Å². The van der Waals surface area contributed by atoms with Crippen LogP contribution in [0.1, 0.15) is 11.3 Å². The van der Waals surface area contributed by atoms with Gasteiger partial charge in [0.15, 0.2) is 0 Å². The molecule has 1 aliphatic rings. The number of aromatic nitrogens is 1. The van der Waals surface area contributed by atoms with Crippen LogP contribution in [0.2, 0.25) is 0 Å². The number of oxazole rings is 1. The Morgan fingerprint density at radius 3 is 3.11 bits per heavy atom. The minimum atomic E-state index is 0.114. The van der Waals surface area contributed by atoms with Crippen molar-refractivity contribution in [1.29, 1.82) is 0 Å². The summed E-state index contributed by atoms with van der Waals surface area (Å²) in [7, 11) is 1.79. The average molecular weight is 257 g/mol. The second-order valence-electron chi connectivity index (χ2n) is 4.66. The highest BCUT2D eigenvalue weighted by Crippen LogP contribution is 2.31. The lowest BCUT2D eigenvalue weighted by Crippen LogP contribution is -2.20. The molecule has 2 N–H and O–H groups in total. The second kappa shape index (κ2) is 4.51. The third-order valence-corrected chi connectivity index (χ3v) is 3.36. The number of fused-ring (bicyclic) bond motifs is 1. The number of anilines is 1. The van der Waals surface area contributed by atoms with Gasteiger partial charge in [0.25, 0.3) is 0 Å². The summed E-state index contributed by atoms with van der Waals surface area (Å²) in [5, 5.41) is 0. The number of nitrogens with zero attached hydrogens (tertiary/aromatic N) is 2. The highest BCUT2D eigenvalue weighted by molar-refractivity contribution is 6.01. The van der Waals surface area contributed by atoms with Gasteiger partial charge in [0, 0.05) is 24.7 Å². The SMILES string of the molecule is CN1C(=O)Cc2cc(-c3nc(CCN)co3)ccc21. The van der Waals surface area contributed by atoms with Gasteiger partial charge < -0.3 is 15.1 Å². The molecule has 1 aliphatic heterocycles. The summed E-state index contributed by atoms with van der Waals surface area (Å²) in [6, 6.07) is 5.82. The van der Waals surface area contributed by atoms with E-state index in [0.717, 1.165) is 22.5 Å². The Kier molecular flexibility index (Phi) is 2.83. The third-order valence-electron chi connectivity index (χ3n) is 3.36. The Balaban J connectivity index is 1.94. The van der Waals surface area contributed by atoms with Gasteiger partial charge in [-0.3, -0.25) is 4.79 Å². The number of likely N-dealkylation sites (N-methyl/N-ethyl adjacent to an activating group) is 1. The minimum Gasteiger partial charge on any atom is -0.444 e. The summed E-state index contributed by atoms with van der Waals surface area (Å²) >= 11 is 0. The largest absolute Gasteiger partial charge is 0.444 e. The molecule has 0 saturated carbocycles. The molecule has 1 aromatic carbocycles. The molecule has 2 heterocycles. The summed E-state index contributed by atoms with van der Waals surface area (Å²) in [6.07, 6.45) is 2.78. The molecular weight excluding hydrogens is 242 g/mol. The number of rotatable bonds is 3. The zero-order valence-corrected chi connectivity index (χ0v) is 10.7. The number of benzene rings is 1. The molecule has 1 aromatic heterocycles. The lowest BCUT2D eigenvalue weighted by molar-refractivity contribution is -0.117. The number of carbonyl (C=O) groups is 1. The van der Waals surface area contributed by atoms with Crippen LogP contribution in [0.5, 0.6) is 0 Å². The molecule has 0 bridgehead atoms. The lowest BCUT2D eigenvalue weighted by Gasteiger charge is -2.09. The molecule has 19 heavy (non-hydrogen) atoms. The maximum atomic E-state index is 11.6. The first-order chi connectivity index (χ1) is 9.19. The van der Waals surface area contributed by atoms with Gasteiger partial charge in [0.2, 0.25) is 11.8 Å². The zero-order valence-electron chi connectivity index (χ0n) is 10.7. The van der Waals surface area contributed by atoms with Gasteiger partial charge in [-0.05, 0) is 30.3 Å². The van der Waals surface area contributed by atoms with Gasteiger partial charge >= 0.3 is 0 Å². The first kappa shape index (κ1) is 11.9. The van der Waals surface area contributed by atoms with E-state index in [9.17, 15) is 4.79 Å². The third kappa shape index (κ3) is 2.02. The van der Waals surface area contributed by atoms with Crippen molar-refractivity contribution in [2.24, 2.45) is 5.73 Å². The molecule has 0 atom stereocenters. The first-order valence-electron chi connectivity index (χ1n) is 6.23. The molecule has 5 heteroatoms. The van der Waals surface area contributed by atoms with E-state index < -0.39 is 0 Å². The number of nitrogens with two attached hydrogens (primary N) is 1. The van der Waals surface area contributed by atoms with Crippen LogP contribution in [0.25, 0.3) is 11.5 Å².